The molecule has 1 aliphatic carbocycles. The molecular formula is C24H26F5N3O3. The number of likely N-dealkylation sites (tertiary alicyclic amines) is 1. The molecule has 190 valence electrons. The van der Waals surface area contributed by atoms with Crippen LogP contribution in [-0.4, -0.2) is 50.8 Å². The van der Waals surface area contributed by atoms with Gasteiger partial charge in [0.25, 0.3) is 0 Å². The van der Waals surface area contributed by atoms with Crippen molar-refractivity contribution in [1.82, 2.24) is 10.2 Å². The predicted octanol–water partition coefficient (Wildman–Crippen LogP) is 4.72. The number of urea groups is 1. The van der Waals surface area contributed by atoms with E-state index in [9.17, 15) is 26.7 Å². The van der Waals surface area contributed by atoms with E-state index < -0.39 is 40.8 Å². The lowest BCUT2D eigenvalue weighted by Crippen LogP contribution is -2.52. The van der Waals surface area contributed by atoms with Gasteiger partial charge in [0.15, 0.2) is 34.8 Å². The molecule has 1 saturated carbocycles. The van der Waals surface area contributed by atoms with E-state index >= 15 is 0 Å². The van der Waals surface area contributed by atoms with E-state index in [2.05, 4.69) is 10.2 Å². The number of anilines is 1. The number of halogens is 5. The van der Waals surface area contributed by atoms with Gasteiger partial charge in [0, 0.05) is 17.5 Å². The molecule has 1 saturated heterocycles. The molecule has 2 aliphatic rings. The van der Waals surface area contributed by atoms with Gasteiger partial charge in [0.05, 0.1) is 14.2 Å². The van der Waals surface area contributed by atoms with Gasteiger partial charge in [-0.2, -0.15) is 0 Å². The van der Waals surface area contributed by atoms with Crippen molar-refractivity contribution in [2.45, 2.75) is 43.2 Å². The number of benzene rings is 2. The van der Waals surface area contributed by atoms with Crippen LogP contribution in [0.25, 0.3) is 0 Å². The highest BCUT2D eigenvalue weighted by molar-refractivity contribution is 5.89. The van der Waals surface area contributed by atoms with Crippen molar-refractivity contribution < 1.29 is 36.2 Å². The summed E-state index contributed by atoms with van der Waals surface area (Å²) < 4.78 is 78.8. The van der Waals surface area contributed by atoms with Crippen LogP contribution in [0.1, 0.15) is 31.2 Å². The first kappa shape index (κ1) is 25.0. The first-order chi connectivity index (χ1) is 16.6. The molecule has 2 fully saturated rings. The largest absolute Gasteiger partial charge is 0.493 e. The third-order valence-corrected chi connectivity index (χ3v) is 7.27. The molecule has 0 spiro atoms. The quantitative estimate of drug-likeness (QED) is 0.355. The van der Waals surface area contributed by atoms with E-state index in [-0.39, 0.29) is 17.5 Å². The maximum atomic E-state index is 13.9. The minimum Gasteiger partial charge on any atom is -0.493 e. The monoisotopic (exact) mass is 499 g/mol. The summed E-state index contributed by atoms with van der Waals surface area (Å²) in [5.74, 6) is -9.47. The standard InChI is InChI=1S/C24H26F5N3O3/c1-32-9-8-24(12-4-5-14(34-2)15(10-12)35-3)7-6-13(11-16(24)32)30-23(33)31-22-20(28)18(26)17(25)19(27)21(22)29/h4-5,10,13,16H,6-9,11H2,1-3H3,(H2,30,31,33)/t13-,16+,24-/m0/s1. The van der Waals surface area contributed by atoms with E-state index in [0.29, 0.717) is 30.8 Å². The van der Waals surface area contributed by atoms with E-state index in [1.165, 1.54) is 0 Å². The van der Waals surface area contributed by atoms with Gasteiger partial charge < -0.3 is 25.0 Å². The zero-order chi connectivity index (χ0) is 25.5. The van der Waals surface area contributed by atoms with Crippen molar-refractivity contribution in [3.8, 4) is 11.5 Å². The number of ether oxygens (including phenoxy) is 2. The number of hydrogen-bond acceptors (Lipinski definition) is 4. The third-order valence-electron chi connectivity index (χ3n) is 7.27. The highest BCUT2D eigenvalue weighted by Gasteiger charge is 2.50. The normalized spacial score (nSPS) is 24.1. The van der Waals surface area contributed by atoms with Crippen LogP contribution in [0.5, 0.6) is 11.5 Å². The number of nitrogens with one attached hydrogen (secondary N) is 2. The topological polar surface area (TPSA) is 62.8 Å². The van der Waals surface area contributed by atoms with Gasteiger partial charge in [0.1, 0.15) is 5.69 Å². The second-order valence-corrected chi connectivity index (χ2v) is 8.99. The van der Waals surface area contributed by atoms with E-state index in [1.54, 1.807) is 19.5 Å². The Labute approximate surface area is 199 Å². The number of likely N-dealkylation sites (N-methyl/N-ethyl adjacent to an activating group) is 1. The Morgan fingerprint density at radius 2 is 1.60 bits per heavy atom. The van der Waals surface area contributed by atoms with E-state index in [0.717, 1.165) is 18.5 Å². The zero-order valence-electron chi connectivity index (χ0n) is 19.5. The van der Waals surface area contributed by atoms with Gasteiger partial charge in [-0.15, -0.1) is 0 Å². The summed E-state index contributed by atoms with van der Waals surface area (Å²) in [6.07, 6.45) is 2.71. The number of rotatable bonds is 5. The van der Waals surface area contributed by atoms with Crippen molar-refractivity contribution in [2.24, 2.45) is 0 Å². The second kappa shape index (κ2) is 9.52. The molecule has 1 aliphatic heterocycles. The molecular weight excluding hydrogens is 473 g/mol. The number of carbonyl (C=O) groups excluding carboxylic acids is 1. The number of amides is 2. The third kappa shape index (κ3) is 4.26. The molecule has 0 unspecified atom stereocenters. The van der Waals surface area contributed by atoms with Gasteiger partial charge in [-0.25, -0.2) is 26.7 Å². The first-order valence-corrected chi connectivity index (χ1v) is 11.1. The Morgan fingerprint density at radius 3 is 2.23 bits per heavy atom. The van der Waals surface area contributed by atoms with Crippen LogP contribution < -0.4 is 20.1 Å². The summed E-state index contributed by atoms with van der Waals surface area (Å²) in [4.78, 5) is 14.6. The highest BCUT2D eigenvalue weighted by Crippen LogP contribution is 2.49. The molecule has 0 bridgehead atoms. The van der Waals surface area contributed by atoms with Crippen LogP contribution >= 0.6 is 0 Å². The second-order valence-electron chi connectivity index (χ2n) is 8.99. The molecule has 0 aromatic heterocycles. The number of methoxy groups -OCH3 is 2. The summed E-state index contributed by atoms with van der Waals surface area (Å²) in [5, 5.41) is 4.41. The molecule has 35 heavy (non-hydrogen) atoms. The molecule has 2 aromatic rings. The van der Waals surface area contributed by atoms with E-state index in [1.807, 2.05) is 25.2 Å². The van der Waals surface area contributed by atoms with Crippen molar-refractivity contribution in [3.63, 3.8) is 0 Å². The molecule has 0 radical (unpaired) electrons. The van der Waals surface area contributed by atoms with Gasteiger partial charge >= 0.3 is 6.03 Å². The smallest absolute Gasteiger partial charge is 0.319 e. The number of carbonyl (C=O) groups is 1. The summed E-state index contributed by atoms with van der Waals surface area (Å²) in [6, 6.07) is 4.48. The van der Waals surface area contributed by atoms with Gasteiger partial charge in [-0.3, -0.25) is 0 Å². The Bertz CT molecular complexity index is 1120. The Kier molecular flexibility index (Phi) is 6.81. The van der Waals surface area contributed by atoms with Gasteiger partial charge in [-0.1, -0.05) is 6.07 Å². The molecule has 2 aromatic carbocycles. The number of fused-ring (bicyclic) bond motifs is 1. The van der Waals surface area contributed by atoms with Crippen LogP contribution in [0.3, 0.4) is 0 Å². The van der Waals surface area contributed by atoms with Crippen LogP contribution in [0, 0.1) is 29.1 Å². The predicted molar refractivity (Wildman–Crippen MR) is 118 cm³/mol. The SMILES string of the molecule is COc1ccc([C@@]23CC[C@H](NC(=O)Nc4c(F)c(F)c(F)c(F)c4F)C[C@H]2N(C)CC3)cc1OC. The fourth-order valence-corrected chi connectivity index (χ4v) is 5.44. The minimum absolute atomic E-state index is 0.0498. The molecule has 3 atom stereocenters. The molecule has 1 heterocycles. The minimum atomic E-state index is -2.28. The Balaban J connectivity index is 1.51. The summed E-state index contributed by atoms with van der Waals surface area (Å²) >= 11 is 0. The Morgan fingerprint density at radius 1 is 0.971 bits per heavy atom. The van der Waals surface area contributed by atoms with Crippen LogP contribution in [0.2, 0.25) is 0 Å². The maximum Gasteiger partial charge on any atom is 0.319 e. The maximum absolute atomic E-state index is 13.9. The van der Waals surface area contributed by atoms with Crippen LogP contribution in [-0.2, 0) is 5.41 Å². The van der Waals surface area contributed by atoms with Gasteiger partial charge in [-0.05, 0) is 57.0 Å². The Hall–Kier alpha value is -3.08. The summed E-state index contributed by atoms with van der Waals surface area (Å²) in [6.45, 7) is 0.836. The molecule has 4 rings (SSSR count). The molecule has 2 amide bonds. The molecule has 11 heteroatoms. The lowest BCUT2D eigenvalue weighted by molar-refractivity contribution is 0.156. The van der Waals surface area contributed by atoms with Crippen molar-refractivity contribution in [3.05, 3.63) is 52.8 Å². The zero-order valence-corrected chi connectivity index (χ0v) is 19.5. The van der Waals surface area contributed by atoms with Crippen molar-refractivity contribution in [2.75, 3.05) is 33.1 Å². The molecule has 2 N–H and O–H groups in total. The van der Waals surface area contributed by atoms with Crippen molar-refractivity contribution >= 4 is 11.7 Å². The summed E-state index contributed by atoms with van der Waals surface area (Å²) in [5.41, 5.74) is -0.481. The highest BCUT2D eigenvalue weighted by atomic mass is 19.2. The average Bonchev–Trinajstić information content (AvgIpc) is 3.20. The van der Waals surface area contributed by atoms with Gasteiger partial charge in [0.2, 0.25) is 5.82 Å². The summed E-state index contributed by atoms with van der Waals surface area (Å²) in [7, 11) is 5.13. The van der Waals surface area contributed by atoms with Crippen LogP contribution in [0.15, 0.2) is 18.2 Å². The number of hydrogen-bond donors (Lipinski definition) is 2. The fraction of sp³-hybridized carbons (Fsp3) is 0.458. The lowest BCUT2D eigenvalue weighted by atomic mass is 9.65. The van der Waals surface area contributed by atoms with Crippen molar-refractivity contribution in [1.29, 1.82) is 0 Å². The number of nitrogens with zero attached hydrogens (tertiary/aromatic N) is 1. The molecule has 6 nitrogen and oxygen atoms in total. The fourth-order valence-electron chi connectivity index (χ4n) is 5.44. The first-order valence-electron chi connectivity index (χ1n) is 11.1. The van der Waals surface area contributed by atoms with Crippen LogP contribution in [0.4, 0.5) is 32.4 Å². The average molecular weight is 499 g/mol. The lowest BCUT2D eigenvalue weighted by Gasteiger charge is -2.45. The van der Waals surface area contributed by atoms with E-state index in [4.69, 9.17) is 9.47 Å².